The van der Waals surface area contributed by atoms with Crippen molar-refractivity contribution in [3.8, 4) is 16.9 Å². The van der Waals surface area contributed by atoms with E-state index in [0.29, 0.717) is 43.8 Å². The second kappa shape index (κ2) is 8.47. The summed E-state index contributed by atoms with van der Waals surface area (Å²) in [5.41, 5.74) is -0.608. The molecule has 6 nitrogen and oxygen atoms in total. The van der Waals surface area contributed by atoms with Gasteiger partial charge in [0.25, 0.3) is 0 Å². The van der Waals surface area contributed by atoms with Crippen LogP contribution in [0.4, 0.5) is 14.6 Å². The molecule has 0 atom stereocenters. The number of halogens is 3. The Labute approximate surface area is 182 Å². The molecular formula is C22H19ClF2N4O2. The van der Waals surface area contributed by atoms with Crippen LogP contribution in [-0.2, 0) is 4.79 Å². The second-order valence-electron chi connectivity index (χ2n) is 7.14. The Morgan fingerprint density at radius 3 is 2.71 bits per heavy atom. The molecule has 1 amide bonds. The zero-order chi connectivity index (χ0) is 22.1. The van der Waals surface area contributed by atoms with Gasteiger partial charge >= 0.3 is 0 Å². The van der Waals surface area contributed by atoms with Gasteiger partial charge in [0.05, 0.1) is 10.6 Å². The highest BCUT2D eigenvalue weighted by molar-refractivity contribution is 6.34. The zero-order valence-corrected chi connectivity index (χ0v) is 17.2. The number of nitrogens with zero attached hydrogens (tertiary/aromatic N) is 4. The molecule has 1 saturated heterocycles. The van der Waals surface area contributed by atoms with E-state index in [-0.39, 0.29) is 27.6 Å². The van der Waals surface area contributed by atoms with Gasteiger partial charge in [-0.3, -0.25) is 4.79 Å². The van der Waals surface area contributed by atoms with E-state index in [1.165, 1.54) is 30.6 Å². The molecule has 2 heterocycles. The molecule has 1 aliphatic rings. The molecule has 4 rings (SSSR count). The first-order valence-corrected chi connectivity index (χ1v) is 10.1. The number of phenolic OH excluding ortho intramolecular Hbond substituents is 1. The van der Waals surface area contributed by atoms with Gasteiger partial charge in [-0.25, -0.2) is 18.7 Å². The minimum atomic E-state index is -0.843. The summed E-state index contributed by atoms with van der Waals surface area (Å²) in [7, 11) is 0. The van der Waals surface area contributed by atoms with Gasteiger partial charge in [0.2, 0.25) is 5.91 Å². The van der Waals surface area contributed by atoms with Crippen molar-refractivity contribution in [2.75, 3.05) is 31.1 Å². The molecule has 3 aromatic rings. The van der Waals surface area contributed by atoms with Crippen LogP contribution in [0.5, 0.6) is 5.75 Å². The summed E-state index contributed by atoms with van der Waals surface area (Å²) >= 11 is 6.36. The van der Waals surface area contributed by atoms with E-state index in [9.17, 15) is 14.3 Å². The van der Waals surface area contributed by atoms with Gasteiger partial charge in [0.1, 0.15) is 29.2 Å². The first kappa shape index (κ1) is 21.0. The van der Waals surface area contributed by atoms with E-state index in [0.717, 1.165) is 6.07 Å². The number of hydrogen-bond acceptors (Lipinski definition) is 5. The van der Waals surface area contributed by atoms with Gasteiger partial charge in [-0.05, 0) is 30.7 Å². The topological polar surface area (TPSA) is 69.6 Å². The van der Waals surface area contributed by atoms with Gasteiger partial charge in [-0.2, -0.15) is 0 Å². The van der Waals surface area contributed by atoms with Crippen LogP contribution < -0.4 is 4.90 Å². The summed E-state index contributed by atoms with van der Waals surface area (Å²) in [5, 5.41) is 10.4. The van der Waals surface area contributed by atoms with E-state index >= 15 is 4.39 Å². The quantitative estimate of drug-likeness (QED) is 0.614. The monoisotopic (exact) mass is 444 g/mol. The highest BCUT2D eigenvalue weighted by Gasteiger charge is 2.25. The van der Waals surface area contributed by atoms with E-state index in [1.807, 2.05) is 4.90 Å². The highest BCUT2D eigenvalue weighted by atomic mass is 35.5. The van der Waals surface area contributed by atoms with Crippen molar-refractivity contribution in [3.63, 3.8) is 0 Å². The average molecular weight is 445 g/mol. The Bertz CT molecular complexity index is 1170. The first-order chi connectivity index (χ1) is 14.9. The maximum Gasteiger partial charge on any atom is 0.246 e. The van der Waals surface area contributed by atoms with E-state index in [2.05, 4.69) is 16.5 Å². The molecular weight excluding hydrogens is 426 g/mol. The number of fused-ring (bicyclic) bond motifs is 1. The Hall–Kier alpha value is -3.26. The zero-order valence-electron chi connectivity index (χ0n) is 16.5. The fraction of sp³-hybridized carbons (Fsp3) is 0.227. The fourth-order valence-electron chi connectivity index (χ4n) is 3.84. The van der Waals surface area contributed by atoms with Crippen LogP contribution in [0, 0.1) is 11.6 Å². The number of carbonyl (C=O) groups excluding carboxylic acids is 1. The van der Waals surface area contributed by atoms with Crippen LogP contribution in [0.25, 0.3) is 22.0 Å². The number of rotatable bonds is 3. The molecule has 0 radical (unpaired) electrons. The van der Waals surface area contributed by atoms with Crippen LogP contribution in [0.3, 0.4) is 0 Å². The molecule has 0 bridgehead atoms. The summed E-state index contributed by atoms with van der Waals surface area (Å²) < 4.78 is 29.9. The highest BCUT2D eigenvalue weighted by Crippen LogP contribution is 2.42. The molecule has 1 aromatic heterocycles. The molecule has 0 aliphatic carbocycles. The predicted octanol–water partition coefficient (Wildman–Crippen LogP) is 4.16. The number of hydrogen-bond donors (Lipinski definition) is 1. The van der Waals surface area contributed by atoms with Crippen LogP contribution in [0.15, 0.2) is 43.2 Å². The summed E-state index contributed by atoms with van der Waals surface area (Å²) in [6, 6.07) is 5.18. The maximum atomic E-state index is 15.5. The van der Waals surface area contributed by atoms with Crippen molar-refractivity contribution in [1.29, 1.82) is 0 Å². The molecule has 160 valence electrons. The molecule has 1 fully saturated rings. The van der Waals surface area contributed by atoms with Crippen molar-refractivity contribution in [2.45, 2.75) is 6.42 Å². The number of phenols is 1. The second-order valence-corrected chi connectivity index (χ2v) is 7.55. The number of anilines is 1. The summed E-state index contributed by atoms with van der Waals surface area (Å²) in [4.78, 5) is 23.9. The molecule has 31 heavy (non-hydrogen) atoms. The summed E-state index contributed by atoms with van der Waals surface area (Å²) in [5.74, 6) is -1.73. The van der Waals surface area contributed by atoms with Crippen LogP contribution in [0.2, 0.25) is 5.02 Å². The minimum absolute atomic E-state index is 0.0321. The third kappa shape index (κ3) is 3.79. The fourth-order valence-corrected chi connectivity index (χ4v) is 4.12. The minimum Gasteiger partial charge on any atom is -0.507 e. The standard InChI is InChI=1S/C22H19ClF2N4O2/c1-2-17(31)28-7-4-8-29(10-9-28)22-13-11-14(23)18(20(25)21(13)26-12-27-22)19-15(24)5-3-6-16(19)30/h2-3,5-6,11-12,30H,1,4,7-10H2. The van der Waals surface area contributed by atoms with Gasteiger partial charge < -0.3 is 14.9 Å². The largest absolute Gasteiger partial charge is 0.507 e. The summed E-state index contributed by atoms with van der Waals surface area (Å²) in [6.45, 7) is 5.66. The average Bonchev–Trinajstić information content (AvgIpc) is 3.01. The molecule has 0 saturated carbocycles. The van der Waals surface area contributed by atoms with Crippen LogP contribution in [-0.4, -0.2) is 52.1 Å². The van der Waals surface area contributed by atoms with E-state index in [4.69, 9.17) is 11.6 Å². The number of aromatic nitrogens is 2. The maximum absolute atomic E-state index is 15.5. The Kier molecular flexibility index (Phi) is 5.73. The molecule has 0 spiro atoms. The van der Waals surface area contributed by atoms with Crippen molar-refractivity contribution < 1.29 is 18.7 Å². The molecule has 0 unspecified atom stereocenters. The molecule has 1 aliphatic heterocycles. The van der Waals surface area contributed by atoms with Gasteiger partial charge in [-0.15, -0.1) is 0 Å². The third-order valence-corrected chi connectivity index (χ3v) is 5.62. The van der Waals surface area contributed by atoms with E-state index < -0.39 is 17.4 Å². The van der Waals surface area contributed by atoms with Crippen LogP contribution >= 0.6 is 11.6 Å². The lowest BCUT2D eigenvalue weighted by atomic mass is 10.0. The summed E-state index contributed by atoms with van der Waals surface area (Å²) in [6.07, 6.45) is 3.21. The van der Waals surface area contributed by atoms with Crippen molar-refractivity contribution >= 4 is 34.2 Å². The lowest BCUT2D eigenvalue weighted by Crippen LogP contribution is -2.34. The molecule has 2 aromatic carbocycles. The van der Waals surface area contributed by atoms with Crippen molar-refractivity contribution in [1.82, 2.24) is 14.9 Å². The Balaban J connectivity index is 1.80. The van der Waals surface area contributed by atoms with Crippen molar-refractivity contribution in [3.05, 3.63) is 59.9 Å². The molecule has 1 N–H and O–H groups in total. The number of benzene rings is 2. The third-order valence-electron chi connectivity index (χ3n) is 5.32. The number of carbonyl (C=O) groups is 1. The van der Waals surface area contributed by atoms with Gasteiger partial charge in [0, 0.05) is 37.1 Å². The van der Waals surface area contributed by atoms with Gasteiger partial charge in [0.15, 0.2) is 5.82 Å². The number of aromatic hydroxyl groups is 1. The smallest absolute Gasteiger partial charge is 0.246 e. The van der Waals surface area contributed by atoms with Crippen molar-refractivity contribution in [2.24, 2.45) is 0 Å². The number of amides is 1. The predicted molar refractivity (Wildman–Crippen MR) is 115 cm³/mol. The lowest BCUT2D eigenvalue weighted by Gasteiger charge is -2.24. The SMILES string of the molecule is C=CC(=O)N1CCCN(c2ncnc3c(F)c(-c4c(O)cccc4F)c(Cl)cc23)CC1. The van der Waals surface area contributed by atoms with Gasteiger partial charge in [-0.1, -0.05) is 24.2 Å². The first-order valence-electron chi connectivity index (χ1n) is 9.69. The van der Waals surface area contributed by atoms with Crippen LogP contribution in [0.1, 0.15) is 6.42 Å². The Morgan fingerprint density at radius 2 is 1.97 bits per heavy atom. The lowest BCUT2D eigenvalue weighted by molar-refractivity contribution is -0.125. The van der Waals surface area contributed by atoms with E-state index in [1.54, 1.807) is 4.90 Å². The molecule has 9 heteroatoms. The normalized spacial score (nSPS) is 14.5. The Morgan fingerprint density at radius 1 is 1.16 bits per heavy atom.